The number of nitrogens with zero attached hydrogens (tertiary/aromatic N) is 1. The first kappa shape index (κ1) is 23.3. The average molecular weight is 500 g/mol. The van der Waals surface area contributed by atoms with Gasteiger partial charge in [0.1, 0.15) is 0 Å². The number of hydrogen-bond acceptors (Lipinski definition) is 0. The Morgan fingerprint density at radius 2 is 0.897 bits per heavy atom. The van der Waals surface area contributed by atoms with Crippen LogP contribution in [-0.2, 0) is 0 Å². The summed E-state index contributed by atoms with van der Waals surface area (Å²) in [4.78, 5) is 0. The molecule has 186 valence electrons. The Labute approximate surface area is 229 Å². The molecule has 7 rings (SSSR count). The Bertz CT molecular complexity index is 1960. The van der Waals surface area contributed by atoms with Crippen molar-refractivity contribution in [2.24, 2.45) is 0 Å². The number of benzene rings is 6. The molecule has 0 atom stereocenters. The molecule has 0 radical (unpaired) electrons. The van der Waals surface area contributed by atoms with Gasteiger partial charge in [-0.2, -0.15) is 0 Å². The van der Waals surface area contributed by atoms with Gasteiger partial charge in [0.2, 0.25) is 0 Å². The SMILES string of the molecule is C/C(=C\C=C(/C)n1c2ccccc2c2ccccc21)c1c2ccccc2c(-c2ccccc2)c2ccccc12. The zero-order valence-corrected chi connectivity index (χ0v) is 22.2. The van der Waals surface area contributed by atoms with Crippen LogP contribution in [0.1, 0.15) is 19.4 Å². The minimum atomic E-state index is 1.20. The van der Waals surface area contributed by atoms with Crippen LogP contribution in [0.25, 0.3) is 65.7 Å². The highest BCUT2D eigenvalue weighted by atomic mass is 15.0. The first-order chi connectivity index (χ1) is 19.2. The molecule has 0 aliphatic heterocycles. The third-order valence-electron chi connectivity index (χ3n) is 7.90. The van der Waals surface area contributed by atoms with Gasteiger partial charge < -0.3 is 4.57 Å². The smallest absolute Gasteiger partial charge is 0.0537 e. The summed E-state index contributed by atoms with van der Waals surface area (Å²) in [6, 6.07) is 45.8. The zero-order valence-electron chi connectivity index (χ0n) is 22.2. The fraction of sp³-hybridized carbons (Fsp3) is 0.0526. The van der Waals surface area contributed by atoms with Crippen LogP contribution < -0.4 is 0 Å². The Hall–Kier alpha value is -4.88. The van der Waals surface area contributed by atoms with E-state index in [1.54, 1.807) is 0 Å². The fourth-order valence-electron chi connectivity index (χ4n) is 6.18. The number of aromatic nitrogens is 1. The Balaban J connectivity index is 1.45. The second-order valence-corrected chi connectivity index (χ2v) is 10.2. The van der Waals surface area contributed by atoms with E-state index in [-0.39, 0.29) is 0 Å². The molecule has 0 unspecified atom stereocenters. The van der Waals surface area contributed by atoms with E-state index in [9.17, 15) is 0 Å². The third-order valence-corrected chi connectivity index (χ3v) is 7.90. The van der Waals surface area contributed by atoms with Crippen molar-refractivity contribution < 1.29 is 0 Å². The number of allylic oxidation sites excluding steroid dienone is 4. The zero-order chi connectivity index (χ0) is 26.3. The Morgan fingerprint density at radius 3 is 1.44 bits per heavy atom. The van der Waals surface area contributed by atoms with Gasteiger partial charge in [-0.3, -0.25) is 0 Å². The van der Waals surface area contributed by atoms with E-state index in [1.807, 2.05) is 0 Å². The Morgan fingerprint density at radius 1 is 0.462 bits per heavy atom. The molecule has 0 spiro atoms. The maximum Gasteiger partial charge on any atom is 0.0537 e. The lowest BCUT2D eigenvalue weighted by atomic mass is 9.86. The molecule has 1 heteroatoms. The topological polar surface area (TPSA) is 4.93 Å². The van der Waals surface area contributed by atoms with Crippen molar-refractivity contribution in [2.75, 3.05) is 0 Å². The summed E-state index contributed by atoms with van der Waals surface area (Å²) >= 11 is 0. The standard InChI is InChI=1S/C38H29N/c1-26(24-25-27(2)39-35-22-12-10-16-29(35)30-17-11-13-23-36(30)39)37-31-18-6-8-20-33(31)38(28-14-4-3-5-15-28)34-21-9-7-19-32(34)37/h3-25H,1-2H3/b26-24+,27-25+. The van der Waals surface area contributed by atoms with Crippen molar-refractivity contribution in [1.82, 2.24) is 4.57 Å². The van der Waals surface area contributed by atoms with E-state index in [2.05, 4.69) is 158 Å². The van der Waals surface area contributed by atoms with Crippen LogP contribution in [0.3, 0.4) is 0 Å². The monoisotopic (exact) mass is 499 g/mol. The quantitative estimate of drug-likeness (QED) is 0.168. The van der Waals surface area contributed by atoms with E-state index in [0.29, 0.717) is 0 Å². The minimum Gasteiger partial charge on any atom is -0.313 e. The van der Waals surface area contributed by atoms with Crippen LogP contribution in [0, 0.1) is 0 Å². The highest BCUT2D eigenvalue weighted by molar-refractivity contribution is 6.18. The van der Waals surface area contributed by atoms with Gasteiger partial charge in [-0.05, 0) is 75.9 Å². The van der Waals surface area contributed by atoms with Crippen LogP contribution in [0.2, 0.25) is 0 Å². The molecule has 1 aromatic heterocycles. The number of hydrogen-bond donors (Lipinski definition) is 0. The summed E-state index contributed by atoms with van der Waals surface area (Å²) in [6.45, 7) is 4.45. The van der Waals surface area contributed by atoms with Crippen molar-refractivity contribution in [3.8, 4) is 11.1 Å². The second-order valence-electron chi connectivity index (χ2n) is 10.2. The number of fused-ring (bicyclic) bond motifs is 5. The lowest BCUT2D eigenvalue weighted by Crippen LogP contribution is -1.94. The van der Waals surface area contributed by atoms with E-state index < -0.39 is 0 Å². The summed E-state index contributed by atoms with van der Waals surface area (Å²) in [5, 5.41) is 7.71. The molecule has 6 aromatic carbocycles. The highest BCUT2D eigenvalue weighted by Gasteiger charge is 2.16. The van der Waals surface area contributed by atoms with Gasteiger partial charge in [0.05, 0.1) is 11.0 Å². The molecule has 0 fully saturated rings. The Kier molecular flexibility index (Phi) is 5.64. The number of rotatable bonds is 4. The highest BCUT2D eigenvalue weighted by Crippen LogP contribution is 2.41. The molecule has 0 aliphatic rings. The predicted octanol–water partition coefficient (Wildman–Crippen LogP) is 10.7. The molecule has 1 heterocycles. The van der Waals surface area contributed by atoms with Crippen LogP contribution >= 0.6 is 0 Å². The van der Waals surface area contributed by atoms with Crippen molar-refractivity contribution in [2.45, 2.75) is 13.8 Å². The molecule has 1 nitrogen and oxygen atoms in total. The van der Waals surface area contributed by atoms with Crippen molar-refractivity contribution >= 4 is 54.6 Å². The van der Waals surface area contributed by atoms with E-state index in [4.69, 9.17) is 0 Å². The molecule has 0 amide bonds. The van der Waals surface area contributed by atoms with Crippen LogP contribution in [0.15, 0.2) is 140 Å². The van der Waals surface area contributed by atoms with Gasteiger partial charge in [0, 0.05) is 16.5 Å². The van der Waals surface area contributed by atoms with Crippen LogP contribution in [-0.4, -0.2) is 4.57 Å². The number of para-hydroxylation sites is 2. The average Bonchev–Trinajstić information content (AvgIpc) is 3.33. The summed E-state index contributed by atoms with van der Waals surface area (Å²) in [6.07, 6.45) is 4.55. The van der Waals surface area contributed by atoms with Gasteiger partial charge in [0.25, 0.3) is 0 Å². The maximum atomic E-state index is 2.38. The molecular weight excluding hydrogens is 470 g/mol. The van der Waals surface area contributed by atoms with E-state index >= 15 is 0 Å². The first-order valence-corrected chi connectivity index (χ1v) is 13.6. The molecule has 0 N–H and O–H groups in total. The van der Waals surface area contributed by atoms with Crippen LogP contribution in [0.4, 0.5) is 0 Å². The minimum absolute atomic E-state index is 1.20. The second kappa shape index (κ2) is 9.45. The van der Waals surface area contributed by atoms with Gasteiger partial charge in [-0.15, -0.1) is 0 Å². The van der Waals surface area contributed by atoms with Gasteiger partial charge in [0.15, 0.2) is 0 Å². The van der Waals surface area contributed by atoms with E-state index in [1.165, 1.54) is 71.3 Å². The van der Waals surface area contributed by atoms with Gasteiger partial charge >= 0.3 is 0 Å². The third kappa shape index (κ3) is 3.78. The molecule has 0 saturated heterocycles. The lowest BCUT2D eigenvalue weighted by Gasteiger charge is -2.17. The lowest BCUT2D eigenvalue weighted by molar-refractivity contribution is 1.20. The molecular formula is C38H29N. The van der Waals surface area contributed by atoms with Gasteiger partial charge in [-0.25, -0.2) is 0 Å². The normalized spacial score (nSPS) is 12.7. The largest absolute Gasteiger partial charge is 0.313 e. The summed E-state index contributed by atoms with van der Waals surface area (Å²) < 4.78 is 2.38. The first-order valence-electron chi connectivity index (χ1n) is 13.6. The summed E-state index contributed by atoms with van der Waals surface area (Å²) in [7, 11) is 0. The molecule has 0 aliphatic carbocycles. The van der Waals surface area contributed by atoms with Crippen molar-refractivity contribution in [3.63, 3.8) is 0 Å². The van der Waals surface area contributed by atoms with E-state index in [0.717, 1.165) is 0 Å². The molecule has 7 aromatic rings. The predicted molar refractivity (Wildman–Crippen MR) is 170 cm³/mol. The van der Waals surface area contributed by atoms with Crippen molar-refractivity contribution in [1.29, 1.82) is 0 Å². The fourth-order valence-corrected chi connectivity index (χ4v) is 6.18. The molecule has 0 saturated carbocycles. The van der Waals surface area contributed by atoms with Crippen molar-refractivity contribution in [3.05, 3.63) is 145 Å². The molecule has 0 bridgehead atoms. The molecule has 39 heavy (non-hydrogen) atoms. The van der Waals surface area contributed by atoms with Gasteiger partial charge in [-0.1, -0.05) is 121 Å². The van der Waals surface area contributed by atoms with Crippen LogP contribution in [0.5, 0.6) is 0 Å². The summed E-state index contributed by atoms with van der Waals surface area (Å²) in [5.41, 5.74) is 8.77. The summed E-state index contributed by atoms with van der Waals surface area (Å²) in [5.74, 6) is 0. The maximum absolute atomic E-state index is 2.38.